The highest BCUT2D eigenvalue weighted by atomic mass is 35.5. The maximum atomic E-state index is 14.3. The molecule has 142 valence electrons. The number of hydrogen-bond donors (Lipinski definition) is 1. The third-order valence-electron chi connectivity index (χ3n) is 5.38. The summed E-state index contributed by atoms with van der Waals surface area (Å²) in [5.41, 5.74) is 1.88. The van der Waals surface area contributed by atoms with Gasteiger partial charge in [0, 0.05) is 52.8 Å². The van der Waals surface area contributed by atoms with Crippen LogP contribution in [-0.2, 0) is 25.1 Å². The van der Waals surface area contributed by atoms with Crippen LogP contribution in [0.4, 0.5) is 8.78 Å². The number of nitrogens with zero attached hydrogens (tertiary/aromatic N) is 2. The molecule has 3 nitrogen and oxygen atoms in total. The van der Waals surface area contributed by atoms with Crippen molar-refractivity contribution in [1.29, 1.82) is 0 Å². The smallest absolute Gasteiger partial charge is 0.132 e. The van der Waals surface area contributed by atoms with Gasteiger partial charge in [0.05, 0.1) is 6.54 Å². The molecule has 3 aromatic rings. The minimum atomic E-state index is -1.49. The quantitative estimate of drug-likeness (QED) is 0.714. The highest BCUT2D eigenvalue weighted by Crippen LogP contribution is 2.35. The topological polar surface area (TPSA) is 28.4 Å². The maximum absolute atomic E-state index is 14.3. The molecule has 0 saturated carbocycles. The van der Waals surface area contributed by atoms with Gasteiger partial charge >= 0.3 is 0 Å². The summed E-state index contributed by atoms with van der Waals surface area (Å²) < 4.78 is 29.6. The zero-order valence-electron chi connectivity index (χ0n) is 15.3. The number of likely N-dealkylation sites (N-methyl/N-ethyl adjacent to an activating group) is 1. The predicted molar refractivity (Wildman–Crippen MR) is 103 cm³/mol. The summed E-state index contributed by atoms with van der Waals surface area (Å²) in [6, 6.07) is 8.99. The van der Waals surface area contributed by atoms with Crippen molar-refractivity contribution in [1.82, 2.24) is 9.47 Å². The van der Waals surface area contributed by atoms with E-state index in [1.54, 1.807) is 6.92 Å². The minimum absolute atomic E-state index is 0.0846. The van der Waals surface area contributed by atoms with Crippen LogP contribution >= 0.6 is 11.6 Å². The Kier molecular flexibility index (Phi) is 4.49. The van der Waals surface area contributed by atoms with Crippen LogP contribution in [0.15, 0.2) is 36.4 Å². The average Bonchev–Trinajstić information content (AvgIpc) is 2.86. The highest BCUT2D eigenvalue weighted by Gasteiger charge is 2.31. The second-order valence-corrected chi connectivity index (χ2v) is 8.00. The van der Waals surface area contributed by atoms with E-state index in [0.29, 0.717) is 5.02 Å². The van der Waals surface area contributed by atoms with Crippen molar-refractivity contribution in [3.8, 4) is 0 Å². The van der Waals surface area contributed by atoms with Gasteiger partial charge in [-0.05, 0) is 43.8 Å². The van der Waals surface area contributed by atoms with Gasteiger partial charge in [-0.2, -0.15) is 0 Å². The van der Waals surface area contributed by atoms with Crippen molar-refractivity contribution in [3.63, 3.8) is 0 Å². The molecule has 1 N–H and O–H groups in total. The molecule has 2 aromatic carbocycles. The summed E-state index contributed by atoms with van der Waals surface area (Å²) >= 11 is 6.21. The van der Waals surface area contributed by atoms with E-state index in [1.807, 2.05) is 18.2 Å². The minimum Gasteiger partial charge on any atom is -0.383 e. The van der Waals surface area contributed by atoms with Crippen LogP contribution in [0.5, 0.6) is 0 Å². The van der Waals surface area contributed by atoms with Gasteiger partial charge in [-0.25, -0.2) is 8.78 Å². The number of halogens is 3. The van der Waals surface area contributed by atoms with E-state index in [4.69, 9.17) is 11.6 Å². The monoisotopic (exact) mass is 390 g/mol. The fourth-order valence-electron chi connectivity index (χ4n) is 4.06. The average molecular weight is 391 g/mol. The largest absolute Gasteiger partial charge is 0.383 e. The lowest BCUT2D eigenvalue weighted by atomic mass is 9.95. The van der Waals surface area contributed by atoms with Crippen molar-refractivity contribution < 1.29 is 13.9 Å². The van der Waals surface area contributed by atoms with E-state index in [2.05, 4.69) is 16.5 Å². The van der Waals surface area contributed by atoms with Crippen LogP contribution in [0.2, 0.25) is 5.02 Å². The lowest BCUT2D eigenvalue weighted by Crippen LogP contribution is -2.32. The first-order valence-corrected chi connectivity index (χ1v) is 9.30. The Bertz CT molecular complexity index is 1030. The van der Waals surface area contributed by atoms with Gasteiger partial charge in [-0.3, -0.25) is 0 Å². The molecule has 1 aliphatic heterocycles. The second-order valence-electron chi connectivity index (χ2n) is 7.56. The standard InChI is InChI=1S/C21H21ClF2N2O/c1-21(27,17-5-4-14(23)10-18(17)24)12-26-19-6-3-13(22)9-15(19)16-11-25(2)8-7-20(16)26/h3-6,9-10,27H,7-8,11-12H2,1-2H3. The lowest BCUT2D eigenvalue weighted by Gasteiger charge is -2.29. The van der Waals surface area contributed by atoms with Gasteiger partial charge < -0.3 is 14.6 Å². The first-order valence-electron chi connectivity index (χ1n) is 8.92. The molecule has 0 amide bonds. The summed E-state index contributed by atoms with van der Waals surface area (Å²) in [7, 11) is 2.07. The van der Waals surface area contributed by atoms with Gasteiger partial charge in [0.25, 0.3) is 0 Å². The van der Waals surface area contributed by atoms with Gasteiger partial charge in [0.15, 0.2) is 0 Å². The van der Waals surface area contributed by atoms with Gasteiger partial charge in [0.1, 0.15) is 17.2 Å². The summed E-state index contributed by atoms with van der Waals surface area (Å²) in [5.74, 6) is -1.40. The molecule has 0 radical (unpaired) electrons. The van der Waals surface area contributed by atoms with Crippen molar-refractivity contribution in [2.45, 2.75) is 32.0 Å². The number of aromatic nitrogens is 1. The van der Waals surface area contributed by atoms with Gasteiger partial charge in [-0.15, -0.1) is 0 Å². The second kappa shape index (κ2) is 6.59. The van der Waals surface area contributed by atoms with E-state index in [9.17, 15) is 13.9 Å². The number of benzene rings is 2. The lowest BCUT2D eigenvalue weighted by molar-refractivity contribution is 0.0348. The van der Waals surface area contributed by atoms with Gasteiger partial charge in [-0.1, -0.05) is 17.7 Å². The molecule has 1 atom stereocenters. The number of rotatable bonds is 3. The fourth-order valence-corrected chi connectivity index (χ4v) is 4.23. The van der Waals surface area contributed by atoms with Crippen LogP contribution < -0.4 is 0 Å². The summed E-state index contributed by atoms with van der Waals surface area (Å²) in [5, 5.41) is 12.8. The number of hydrogen-bond acceptors (Lipinski definition) is 2. The summed E-state index contributed by atoms with van der Waals surface area (Å²) in [6.07, 6.45) is 0.833. The van der Waals surface area contributed by atoms with Crippen LogP contribution in [0, 0.1) is 11.6 Å². The molecule has 6 heteroatoms. The molecule has 0 spiro atoms. The molecule has 0 bridgehead atoms. The Hall–Kier alpha value is -1.95. The molecular weight excluding hydrogens is 370 g/mol. The third-order valence-corrected chi connectivity index (χ3v) is 5.62. The molecule has 4 rings (SSSR count). The Morgan fingerprint density at radius 3 is 2.70 bits per heavy atom. The van der Waals surface area contributed by atoms with Crippen LogP contribution in [-0.4, -0.2) is 28.2 Å². The Balaban J connectivity index is 1.84. The van der Waals surface area contributed by atoms with Crippen LogP contribution in [0.3, 0.4) is 0 Å². The summed E-state index contributed by atoms with van der Waals surface area (Å²) in [4.78, 5) is 2.24. The molecule has 1 unspecified atom stereocenters. The Labute approximate surface area is 161 Å². The predicted octanol–water partition coefficient (Wildman–Crippen LogP) is 4.47. The van der Waals surface area contributed by atoms with Gasteiger partial charge in [0.2, 0.25) is 0 Å². The van der Waals surface area contributed by atoms with E-state index < -0.39 is 17.2 Å². The first-order chi connectivity index (χ1) is 12.8. The zero-order valence-corrected chi connectivity index (χ0v) is 16.0. The van der Waals surface area contributed by atoms with E-state index in [-0.39, 0.29) is 12.1 Å². The number of aliphatic hydroxyl groups is 1. The normalized spacial score (nSPS) is 17.1. The third kappa shape index (κ3) is 3.24. The van der Waals surface area contributed by atoms with E-state index >= 15 is 0 Å². The highest BCUT2D eigenvalue weighted by molar-refractivity contribution is 6.31. The molecule has 1 aromatic heterocycles. The van der Waals surface area contributed by atoms with Crippen molar-refractivity contribution in [2.75, 3.05) is 13.6 Å². The molecular formula is C21H21ClF2N2O. The molecule has 2 heterocycles. The Morgan fingerprint density at radius 2 is 1.96 bits per heavy atom. The summed E-state index contributed by atoms with van der Waals surface area (Å²) in [6.45, 7) is 3.44. The zero-order chi connectivity index (χ0) is 19.3. The van der Waals surface area contributed by atoms with Crippen LogP contribution in [0.25, 0.3) is 10.9 Å². The fraction of sp³-hybridized carbons (Fsp3) is 0.333. The van der Waals surface area contributed by atoms with Crippen molar-refractivity contribution in [2.24, 2.45) is 0 Å². The van der Waals surface area contributed by atoms with Crippen LogP contribution in [0.1, 0.15) is 23.7 Å². The SMILES string of the molecule is CN1CCc2c(c3cc(Cl)ccc3n2CC(C)(O)c2ccc(F)cc2F)C1. The molecule has 0 saturated heterocycles. The molecule has 27 heavy (non-hydrogen) atoms. The van der Waals surface area contributed by atoms with Crippen molar-refractivity contribution >= 4 is 22.5 Å². The van der Waals surface area contributed by atoms with Crippen molar-refractivity contribution in [3.05, 3.63) is 69.9 Å². The first kappa shape index (κ1) is 18.4. The maximum Gasteiger partial charge on any atom is 0.132 e. The molecule has 1 aliphatic rings. The molecule has 0 fully saturated rings. The number of fused-ring (bicyclic) bond motifs is 3. The van der Waals surface area contributed by atoms with E-state index in [1.165, 1.54) is 17.7 Å². The Morgan fingerprint density at radius 1 is 1.19 bits per heavy atom. The van der Waals surface area contributed by atoms with E-state index in [0.717, 1.165) is 42.2 Å². The molecule has 0 aliphatic carbocycles.